The standard InChI is InChI=1S/C16H17F2N3O2/c1-8-2-4-16(17,18)7-9(8)11-6-12(22)13-10(21-11)3-5-20-14(13)15(19)23/h3,5-6,8-9H,2,4,7H2,1H3,(H2,19,23)(H,21,22). The van der Waals surface area contributed by atoms with Crippen LogP contribution in [0, 0.1) is 5.92 Å². The molecule has 122 valence electrons. The van der Waals surface area contributed by atoms with Crippen LogP contribution in [0.5, 0.6) is 0 Å². The Balaban J connectivity index is 2.14. The van der Waals surface area contributed by atoms with E-state index in [9.17, 15) is 18.4 Å². The number of primary amides is 1. The summed E-state index contributed by atoms with van der Waals surface area (Å²) in [4.78, 5) is 30.6. The molecule has 1 saturated carbocycles. The number of alkyl halides is 2. The third-order valence-corrected chi connectivity index (χ3v) is 4.57. The number of hydrogen-bond donors (Lipinski definition) is 2. The number of nitrogens with zero attached hydrogens (tertiary/aromatic N) is 1. The Hall–Kier alpha value is -2.31. The van der Waals surface area contributed by atoms with E-state index >= 15 is 0 Å². The molecule has 1 aliphatic carbocycles. The summed E-state index contributed by atoms with van der Waals surface area (Å²) in [6.07, 6.45) is 1.35. The zero-order valence-corrected chi connectivity index (χ0v) is 12.6. The number of carbonyl (C=O) groups excluding carboxylic acids is 1. The Morgan fingerprint density at radius 3 is 2.91 bits per heavy atom. The average Bonchev–Trinajstić information content (AvgIpc) is 2.49. The van der Waals surface area contributed by atoms with Gasteiger partial charge in [-0.25, -0.2) is 8.78 Å². The van der Waals surface area contributed by atoms with E-state index in [1.165, 1.54) is 18.3 Å². The maximum absolute atomic E-state index is 13.7. The van der Waals surface area contributed by atoms with Crippen LogP contribution >= 0.6 is 0 Å². The highest BCUT2D eigenvalue weighted by Gasteiger charge is 2.40. The highest BCUT2D eigenvalue weighted by molar-refractivity contribution is 6.03. The minimum Gasteiger partial charge on any atom is -0.364 e. The Morgan fingerprint density at radius 2 is 2.22 bits per heavy atom. The average molecular weight is 321 g/mol. The summed E-state index contributed by atoms with van der Waals surface area (Å²) in [7, 11) is 0. The van der Waals surface area contributed by atoms with Gasteiger partial charge in [-0.2, -0.15) is 0 Å². The molecule has 2 heterocycles. The molecular formula is C16H17F2N3O2. The molecular weight excluding hydrogens is 304 g/mol. The Morgan fingerprint density at radius 1 is 1.48 bits per heavy atom. The zero-order valence-electron chi connectivity index (χ0n) is 12.6. The molecule has 2 unspecified atom stereocenters. The molecule has 0 aliphatic heterocycles. The number of aromatic nitrogens is 2. The Kier molecular flexibility index (Phi) is 3.66. The van der Waals surface area contributed by atoms with Crippen molar-refractivity contribution in [2.75, 3.05) is 0 Å². The maximum atomic E-state index is 13.7. The molecule has 3 N–H and O–H groups in total. The number of rotatable bonds is 2. The normalized spacial score (nSPS) is 23.8. The van der Waals surface area contributed by atoms with Crippen molar-refractivity contribution in [2.24, 2.45) is 11.7 Å². The number of nitrogens with two attached hydrogens (primary N) is 1. The van der Waals surface area contributed by atoms with Crippen molar-refractivity contribution < 1.29 is 13.6 Å². The van der Waals surface area contributed by atoms with Crippen molar-refractivity contribution in [1.82, 2.24) is 9.97 Å². The van der Waals surface area contributed by atoms with E-state index in [0.29, 0.717) is 17.6 Å². The van der Waals surface area contributed by atoms with Crippen LogP contribution in [0.15, 0.2) is 23.1 Å². The van der Waals surface area contributed by atoms with Crippen molar-refractivity contribution >= 4 is 16.8 Å². The number of aromatic amines is 1. The van der Waals surface area contributed by atoms with Gasteiger partial charge in [0.25, 0.3) is 5.91 Å². The lowest BCUT2D eigenvalue weighted by molar-refractivity contribution is -0.0530. The van der Waals surface area contributed by atoms with Gasteiger partial charge in [-0.1, -0.05) is 6.92 Å². The van der Waals surface area contributed by atoms with E-state index < -0.39 is 23.2 Å². The topological polar surface area (TPSA) is 88.8 Å². The smallest absolute Gasteiger partial charge is 0.268 e. The van der Waals surface area contributed by atoms with Gasteiger partial charge in [0.15, 0.2) is 5.43 Å². The predicted molar refractivity (Wildman–Crippen MR) is 81.6 cm³/mol. The first-order valence-corrected chi connectivity index (χ1v) is 7.48. The highest BCUT2D eigenvalue weighted by atomic mass is 19.3. The number of halogens is 2. The Labute approximate surface area is 130 Å². The summed E-state index contributed by atoms with van der Waals surface area (Å²) in [6, 6.07) is 2.83. The van der Waals surface area contributed by atoms with Crippen LogP contribution in [-0.2, 0) is 0 Å². The lowest BCUT2D eigenvalue weighted by Crippen LogP contribution is -2.31. The van der Waals surface area contributed by atoms with Crippen LogP contribution in [0.4, 0.5) is 8.78 Å². The van der Waals surface area contributed by atoms with Gasteiger partial charge < -0.3 is 10.7 Å². The molecule has 1 aliphatic rings. The molecule has 23 heavy (non-hydrogen) atoms. The third-order valence-electron chi connectivity index (χ3n) is 4.57. The van der Waals surface area contributed by atoms with Gasteiger partial charge in [0.05, 0.1) is 10.9 Å². The van der Waals surface area contributed by atoms with E-state index in [0.717, 1.165) is 0 Å². The lowest BCUT2D eigenvalue weighted by atomic mass is 9.76. The predicted octanol–water partition coefficient (Wildman–Crippen LogP) is 2.56. The van der Waals surface area contributed by atoms with Crippen LogP contribution in [0.3, 0.4) is 0 Å². The summed E-state index contributed by atoms with van der Waals surface area (Å²) < 4.78 is 27.5. The van der Waals surface area contributed by atoms with Gasteiger partial charge in [0.2, 0.25) is 5.92 Å². The van der Waals surface area contributed by atoms with Gasteiger partial charge in [0, 0.05) is 36.7 Å². The van der Waals surface area contributed by atoms with Crippen molar-refractivity contribution in [3.05, 3.63) is 39.9 Å². The second-order valence-corrected chi connectivity index (χ2v) is 6.22. The molecule has 5 nitrogen and oxygen atoms in total. The van der Waals surface area contributed by atoms with Gasteiger partial charge in [-0.3, -0.25) is 14.6 Å². The fourth-order valence-electron chi connectivity index (χ4n) is 3.29. The van der Waals surface area contributed by atoms with Crippen molar-refractivity contribution in [3.8, 4) is 0 Å². The van der Waals surface area contributed by atoms with Crippen LogP contribution in [0.25, 0.3) is 10.9 Å². The molecule has 0 aromatic carbocycles. The number of H-pyrrole nitrogens is 1. The molecule has 0 bridgehead atoms. The fraction of sp³-hybridized carbons (Fsp3) is 0.438. The maximum Gasteiger partial charge on any atom is 0.268 e. The number of fused-ring (bicyclic) bond motifs is 1. The molecule has 7 heteroatoms. The van der Waals surface area contributed by atoms with E-state index in [4.69, 9.17) is 5.73 Å². The number of amides is 1. The first-order chi connectivity index (χ1) is 10.8. The van der Waals surface area contributed by atoms with Crippen LogP contribution in [-0.4, -0.2) is 21.8 Å². The first-order valence-electron chi connectivity index (χ1n) is 7.48. The molecule has 0 radical (unpaired) electrons. The summed E-state index contributed by atoms with van der Waals surface area (Å²) in [5, 5.41) is 0.0963. The van der Waals surface area contributed by atoms with Gasteiger partial charge in [-0.05, 0) is 18.4 Å². The molecule has 1 fully saturated rings. The van der Waals surface area contributed by atoms with Crippen LogP contribution in [0.2, 0.25) is 0 Å². The fourth-order valence-corrected chi connectivity index (χ4v) is 3.29. The highest BCUT2D eigenvalue weighted by Crippen LogP contribution is 2.44. The molecule has 0 spiro atoms. The van der Waals surface area contributed by atoms with Crippen molar-refractivity contribution in [3.63, 3.8) is 0 Å². The first kappa shape index (κ1) is 15.6. The SMILES string of the molecule is CC1CCC(F)(F)CC1c1cc(=O)c2c(C(N)=O)nccc2[nH]1. The van der Waals surface area contributed by atoms with E-state index in [-0.39, 0.29) is 29.8 Å². The lowest BCUT2D eigenvalue weighted by Gasteiger charge is -2.34. The molecule has 2 atom stereocenters. The molecule has 2 aromatic rings. The summed E-state index contributed by atoms with van der Waals surface area (Å²) in [5.74, 6) is -3.91. The van der Waals surface area contributed by atoms with Gasteiger partial charge in [-0.15, -0.1) is 0 Å². The monoisotopic (exact) mass is 321 g/mol. The number of nitrogens with one attached hydrogen (secondary N) is 1. The van der Waals surface area contributed by atoms with E-state index in [1.807, 2.05) is 6.92 Å². The second kappa shape index (κ2) is 5.40. The molecule has 2 aromatic heterocycles. The van der Waals surface area contributed by atoms with Gasteiger partial charge in [0.1, 0.15) is 5.69 Å². The number of carbonyl (C=O) groups is 1. The summed E-state index contributed by atoms with van der Waals surface area (Å²) in [5.41, 5.74) is 5.54. The molecule has 3 rings (SSSR count). The number of hydrogen-bond acceptors (Lipinski definition) is 3. The minimum atomic E-state index is -2.72. The Bertz CT molecular complexity index is 832. The van der Waals surface area contributed by atoms with E-state index in [2.05, 4.69) is 9.97 Å². The van der Waals surface area contributed by atoms with Gasteiger partial charge >= 0.3 is 0 Å². The zero-order chi connectivity index (χ0) is 16.8. The number of pyridine rings is 2. The minimum absolute atomic E-state index is 0.0418. The van der Waals surface area contributed by atoms with E-state index in [1.54, 1.807) is 0 Å². The molecule has 0 saturated heterocycles. The molecule has 1 amide bonds. The van der Waals surface area contributed by atoms with Crippen molar-refractivity contribution in [2.45, 2.75) is 38.0 Å². The largest absolute Gasteiger partial charge is 0.364 e. The quantitative estimate of drug-likeness (QED) is 0.891. The van der Waals surface area contributed by atoms with Crippen LogP contribution in [0.1, 0.15) is 48.3 Å². The summed E-state index contributed by atoms with van der Waals surface area (Å²) >= 11 is 0. The summed E-state index contributed by atoms with van der Waals surface area (Å²) in [6.45, 7) is 1.91. The van der Waals surface area contributed by atoms with Crippen LogP contribution < -0.4 is 11.2 Å². The second-order valence-electron chi connectivity index (χ2n) is 6.22. The van der Waals surface area contributed by atoms with Crippen molar-refractivity contribution in [1.29, 1.82) is 0 Å². The third kappa shape index (κ3) is 2.83.